The van der Waals surface area contributed by atoms with Gasteiger partial charge in [-0.25, -0.2) is 0 Å². The van der Waals surface area contributed by atoms with E-state index < -0.39 is 22.7 Å². The molecule has 1 atom stereocenters. The van der Waals surface area contributed by atoms with Crippen molar-refractivity contribution in [1.82, 2.24) is 9.80 Å². The molecule has 0 aliphatic carbocycles. The number of non-ortho nitro benzene ring substituents is 1. The molecule has 1 unspecified atom stereocenters. The first-order valence-electron chi connectivity index (χ1n) is 12.3. The lowest BCUT2D eigenvalue weighted by molar-refractivity contribution is -0.384. The lowest BCUT2D eigenvalue weighted by Crippen LogP contribution is -2.33. The molecule has 0 spiro atoms. The monoisotopic (exact) mass is 495 g/mol. The number of amides is 1. The lowest BCUT2D eigenvalue weighted by atomic mass is 9.95. The predicted molar refractivity (Wildman–Crippen MR) is 137 cm³/mol. The molecular formula is C27H33N3O6. The maximum absolute atomic E-state index is 13.2. The molecule has 0 saturated carbocycles. The van der Waals surface area contributed by atoms with E-state index in [-0.39, 0.29) is 17.0 Å². The van der Waals surface area contributed by atoms with Gasteiger partial charge in [0.15, 0.2) is 0 Å². The maximum atomic E-state index is 13.2. The summed E-state index contributed by atoms with van der Waals surface area (Å²) in [6, 6.07) is 11.6. The van der Waals surface area contributed by atoms with Crippen molar-refractivity contribution in [1.29, 1.82) is 0 Å². The number of likely N-dealkylation sites (tertiary alicyclic amines) is 1. The summed E-state index contributed by atoms with van der Waals surface area (Å²) in [6.07, 6.45) is 1.45. The minimum atomic E-state index is -0.859. The Morgan fingerprint density at radius 2 is 1.81 bits per heavy atom. The Labute approximate surface area is 211 Å². The van der Waals surface area contributed by atoms with Crippen LogP contribution >= 0.6 is 0 Å². The van der Waals surface area contributed by atoms with Gasteiger partial charge in [-0.05, 0) is 62.3 Å². The van der Waals surface area contributed by atoms with Crippen molar-refractivity contribution >= 4 is 23.1 Å². The van der Waals surface area contributed by atoms with Crippen LogP contribution in [0.1, 0.15) is 50.8 Å². The number of nitro groups is 1. The van der Waals surface area contributed by atoms with Gasteiger partial charge < -0.3 is 19.6 Å². The highest BCUT2D eigenvalue weighted by molar-refractivity contribution is 6.46. The average Bonchev–Trinajstić information content (AvgIpc) is 3.14. The van der Waals surface area contributed by atoms with Crippen molar-refractivity contribution in [3.63, 3.8) is 0 Å². The SMILES string of the molecule is CCCOc1cccc(C(O)=C2C(=O)C(=O)N(CCCN(CC)CC)C2c2ccc([N+](=O)[O-])cc2)c1. The van der Waals surface area contributed by atoms with Crippen LogP contribution in [-0.2, 0) is 9.59 Å². The smallest absolute Gasteiger partial charge is 0.295 e. The van der Waals surface area contributed by atoms with Gasteiger partial charge in [-0.1, -0.05) is 32.9 Å². The van der Waals surface area contributed by atoms with Crippen molar-refractivity contribution in [2.75, 3.05) is 32.8 Å². The standard InChI is InChI=1S/C27H33N3O6/c1-4-17-36-22-10-7-9-20(18-22)25(31)23-24(19-11-13-21(14-12-19)30(34)35)29(27(33)26(23)32)16-8-15-28(5-2)6-3/h7,9-14,18,24,31H,4-6,8,15-17H2,1-3H3. The van der Waals surface area contributed by atoms with Gasteiger partial charge in [-0.3, -0.25) is 19.7 Å². The highest BCUT2D eigenvalue weighted by atomic mass is 16.6. The van der Waals surface area contributed by atoms with Crippen LogP contribution in [0.25, 0.3) is 5.76 Å². The van der Waals surface area contributed by atoms with E-state index in [2.05, 4.69) is 18.7 Å². The number of ether oxygens (including phenoxy) is 1. The molecule has 1 heterocycles. The summed E-state index contributed by atoms with van der Waals surface area (Å²) in [6.45, 7) is 9.41. The minimum Gasteiger partial charge on any atom is -0.507 e. The predicted octanol–water partition coefficient (Wildman–Crippen LogP) is 4.54. The van der Waals surface area contributed by atoms with Crippen molar-refractivity contribution in [2.45, 2.75) is 39.7 Å². The van der Waals surface area contributed by atoms with Gasteiger partial charge in [-0.15, -0.1) is 0 Å². The minimum absolute atomic E-state index is 0.0377. The van der Waals surface area contributed by atoms with Crippen LogP contribution in [0.15, 0.2) is 54.1 Å². The van der Waals surface area contributed by atoms with Crippen LogP contribution < -0.4 is 4.74 Å². The Morgan fingerprint density at radius 1 is 1.11 bits per heavy atom. The Bertz CT molecular complexity index is 1120. The van der Waals surface area contributed by atoms with Gasteiger partial charge in [0.1, 0.15) is 11.5 Å². The number of carbonyl (C=O) groups excluding carboxylic acids is 2. The summed E-state index contributed by atoms with van der Waals surface area (Å²) in [5, 5.41) is 22.4. The van der Waals surface area contributed by atoms with Gasteiger partial charge in [0.25, 0.3) is 17.4 Å². The molecule has 1 aliphatic heterocycles. The van der Waals surface area contributed by atoms with Crippen molar-refractivity contribution < 1.29 is 24.4 Å². The van der Waals surface area contributed by atoms with E-state index in [1.807, 2.05) is 6.92 Å². The molecule has 2 aromatic rings. The molecule has 36 heavy (non-hydrogen) atoms. The number of nitro benzene ring substituents is 1. The number of carbonyl (C=O) groups is 2. The molecule has 0 bridgehead atoms. The largest absolute Gasteiger partial charge is 0.507 e. The van der Waals surface area contributed by atoms with Crippen LogP contribution in [0, 0.1) is 10.1 Å². The van der Waals surface area contributed by atoms with Crippen LogP contribution in [-0.4, -0.2) is 64.3 Å². The average molecular weight is 496 g/mol. The first-order valence-corrected chi connectivity index (χ1v) is 12.3. The third kappa shape index (κ3) is 5.91. The molecule has 1 fully saturated rings. The van der Waals surface area contributed by atoms with Crippen LogP contribution in [0.4, 0.5) is 5.69 Å². The zero-order chi connectivity index (χ0) is 26.2. The number of ketones is 1. The quantitative estimate of drug-likeness (QED) is 0.151. The number of aliphatic hydroxyl groups excluding tert-OH is 1. The lowest BCUT2D eigenvalue weighted by Gasteiger charge is -2.26. The van der Waals surface area contributed by atoms with Gasteiger partial charge in [0.2, 0.25) is 0 Å². The Kier molecular flexibility index (Phi) is 9.19. The molecule has 3 rings (SSSR count). The van der Waals surface area contributed by atoms with Crippen LogP contribution in [0.3, 0.4) is 0 Å². The maximum Gasteiger partial charge on any atom is 0.295 e. The van der Waals surface area contributed by atoms with E-state index >= 15 is 0 Å². The van der Waals surface area contributed by atoms with Gasteiger partial charge >= 0.3 is 0 Å². The Morgan fingerprint density at radius 3 is 2.42 bits per heavy atom. The molecule has 1 saturated heterocycles. The highest BCUT2D eigenvalue weighted by Gasteiger charge is 2.45. The molecule has 1 aliphatic rings. The second kappa shape index (κ2) is 12.3. The third-order valence-corrected chi connectivity index (χ3v) is 6.31. The second-order valence-corrected chi connectivity index (χ2v) is 8.60. The summed E-state index contributed by atoms with van der Waals surface area (Å²) < 4.78 is 5.66. The number of rotatable bonds is 12. The molecule has 192 valence electrons. The highest BCUT2D eigenvalue weighted by Crippen LogP contribution is 2.40. The second-order valence-electron chi connectivity index (χ2n) is 8.60. The number of nitrogens with zero attached hydrogens (tertiary/aromatic N) is 3. The van der Waals surface area contributed by atoms with Crippen LogP contribution in [0.2, 0.25) is 0 Å². The van der Waals surface area contributed by atoms with E-state index in [1.54, 1.807) is 24.3 Å². The Balaban J connectivity index is 2.04. The van der Waals surface area contributed by atoms with Crippen molar-refractivity contribution in [3.05, 3.63) is 75.3 Å². The number of hydrogen-bond donors (Lipinski definition) is 1. The fourth-order valence-electron chi connectivity index (χ4n) is 4.35. The van der Waals surface area contributed by atoms with Gasteiger partial charge in [-0.2, -0.15) is 0 Å². The molecule has 1 amide bonds. The molecule has 9 heteroatoms. The number of hydrogen-bond acceptors (Lipinski definition) is 7. The normalized spacial score (nSPS) is 17.1. The molecule has 9 nitrogen and oxygen atoms in total. The number of aliphatic hydroxyl groups is 1. The van der Waals surface area contributed by atoms with Gasteiger partial charge in [0.05, 0.1) is 23.1 Å². The number of Topliss-reactive ketones (excluding diaryl/α,β-unsaturated/α-hetero) is 1. The van der Waals surface area contributed by atoms with E-state index in [4.69, 9.17) is 4.74 Å². The summed E-state index contributed by atoms with van der Waals surface area (Å²) >= 11 is 0. The number of benzene rings is 2. The van der Waals surface area contributed by atoms with E-state index in [9.17, 15) is 24.8 Å². The first kappa shape index (κ1) is 26.9. The fraction of sp³-hybridized carbons (Fsp3) is 0.407. The first-order chi connectivity index (χ1) is 17.3. The zero-order valence-electron chi connectivity index (χ0n) is 21.0. The van der Waals surface area contributed by atoms with Crippen molar-refractivity contribution in [2.24, 2.45) is 0 Å². The summed E-state index contributed by atoms with van der Waals surface area (Å²) in [4.78, 5) is 40.6. The molecule has 2 aromatic carbocycles. The van der Waals surface area contributed by atoms with E-state index in [1.165, 1.54) is 29.2 Å². The molecule has 0 aromatic heterocycles. The van der Waals surface area contributed by atoms with E-state index in [0.717, 1.165) is 26.1 Å². The summed E-state index contributed by atoms with van der Waals surface area (Å²) in [5.74, 6) is -1.23. The molecule has 1 N–H and O–H groups in total. The summed E-state index contributed by atoms with van der Waals surface area (Å²) in [5.41, 5.74) is 0.738. The third-order valence-electron chi connectivity index (χ3n) is 6.31. The van der Waals surface area contributed by atoms with Crippen LogP contribution in [0.5, 0.6) is 5.75 Å². The summed E-state index contributed by atoms with van der Waals surface area (Å²) in [7, 11) is 0. The fourth-order valence-corrected chi connectivity index (χ4v) is 4.35. The van der Waals surface area contributed by atoms with Crippen molar-refractivity contribution in [3.8, 4) is 5.75 Å². The Hall–Kier alpha value is -3.72. The van der Waals surface area contributed by atoms with E-state index in [0.29, 0.717) is 36.4 Å². The molecular weight excluding hydrogens is 462 g/mol. The van der Waals surface area contributed by atoms with Gasteiger partial charge in [0, 0.05) is 24.2 Å². The topological polar surface area (TPSA) is 113 Å². The zero-order valence-corrected chi connectivity index (χ0v) is 21.0. The molecule has 0 radical (unpaired) electrons.